The Labute approximate surface area is 96.6 Å². The lowest BCUT2D eigenvalue weighted by molar-refractivity contribution is 1.61. The molecule has 2 rings (SSSR count). The minimum absolute atomic E-state index is 1.24. The molecule has 0 heterocycles. The Kier molecular flexibility index (Phi) is 3.73. The van der Waals surface area contributed by atoms with Gasteiger partial charge in [-0.15, -0.1) is 0 Å². The van der Waals surface area contributed by atoms with E-state index in [9.17, 15) is 0 Å². The van der Waals surface area contributed by atoms with Gasteiger partial charge in [-0.3, -0.25) is 0 Å². The third-order valence-corrected chi connectivity index (χ3v) is 2.33. The van der Waals surface area contributed by atoms with Crippen molar-refractivity contribution in [3.63, 3.8) is 0 Å². The van der Waals surface area contributed by atoms with Gasteiger partial charge in [0.25, 0.3) is 0 Å². The molecule has 0 saturated heterocycles. The molecule has 0 bridgehead atoms. The Morgan fingerprint density at radius 2 is 0.812 bits per heavy atom. The fourth-order valence-electron chi connectivity index (χ4n) is 1.52. The smallest absolute Gasteiger partial charge is 0.0184 e. The molecule has 0 aromatic heterocycles. The van der Waals surface area contributed by atoms with Crippen LogP contribution in [0.3, 0.4) is 0 Å². The molecule has 0 radical (unpaired) electrons. The van der Waals surface area contributed by atoms with Gasteiger partial charge in [0.05, 0.1) is 0 Å². The molecule has 0 amide bonds. The van der Waals surface area contributed by atoms with Crippen molar-refractivity contribution in [1.29, 1.82) is 0 Å². The van der Waals surface area contributed by atoms with Gasteiger partial charge in [-0.05, 0) is 11.1 Å². The van der Waals surface area contributed by atoms with Crippen molar-refractivity contribution in [3.8, 4) is 0 Å². The molecule has 16 heavy (non-hydrogen) atoms. The maximum atomic E-state index is 2.12. The fraction of sp³-hybridized carbons (Fsp3) is 0. The molecule has 0 saturated carbocycles. The third-order valence-electron chi connectivity index (χ3n) is 2.33. The van der Waals surface area contributed by atoms with Gasteiger partial charge in [0, 0.05) is 0 Å². The van der Waals surface area contributed by atoms with Gasteiger partial charge in [-0.1, -0.05) is 85.0 Å². The Morgan fingerprint density at radius 3 is 1.25 bits per heavy atom. The van der Waals surface area contributed by atoms with Crippen molar-refractivity contribution >= 4 is 12.2 Å². The van der Waals surface area contributed by atoms with Crippen LogP contribution in [0.5, 0.6) is 0 Å². The van der Waals surface area contributed by atoms with Crippen LogP contribution in [0.25, 0.3) is 12.2 Å². The van der Waals surface area contributed by atoms with Crippen molar-refractivity contribution in [2.24, 2.45) is 0 Å². The Bertz CT molecular complexity index is 438. The summed E-state index contributed by atoms with van der Waals surface area (Å²) < 4.78 is 0. The number of benzene rings is 1. The van der Waals surface area contributed by atoms with Crippen LogP contribution < -0.4 is 0 Å². The molecule has 1 aromatic rings. The van der Waals surface area contributed by atoms with E-state index in [1.54, 1.807) is 0 Å². The largest absolute Gasteiger partial charge is 0.0623 e. The summed E-state index contributed by atoms with van der Waals surface area (Å²) in [5.41, 5.74) is 2.47. The first-order valence-electron chi connectivity index (χ1n) is 5.40. The Morgan fingerprint density at radius 1 is 0.438 bits per heavy atom. The van der Waals surface area contributed by atoms with Crippen LogP contribution in [0.4, 0.5) is 0 Å². The van der Waals surface area contributed by atoms with Crippen molar-refractivity contribution < 1.29 is 0 Å². The number of rotatable bonds is 0. The predicted octanol–water partition coefficient (Wildman–Crippen LogP) is 4.40. The highest BCUT2D eigenvalue weighted by molar-refractivity contribution is 5.66. The van der Waals surface area contributed by atoms with E-state index in [0.717, 1.165) is 0 Å². The minimum atomic E-state index is 1.24. The van der Waals surface area contributed by atoms with Gasteiger partial charge in [0.2, 0.25) is 0 Å². The second-order valence-electron chi connectivity index (χ2n) is 3.50. The minimum Gasteiger partial charge on any atom is -0.0623 e. The first kappa shape index (κ1) is 10.4. The van der Waals surface area contributed by atoms with Crippen LogP contribution in [0.2, 0.25) is 0 Å². The SMILES string of the molecule is C1=C\C=C/C=C\c2ccccc2/C=C\C=C/1. The summed E-state index contributed by atoms with van der Waals surface area (Å²) in [7, 11) is 0. The van der Waals surface area contributed by atoms with E-state index >= 15 is 0 Å². The summed E-state index contributed by atoms with van der Waals surface area (Å²) in [6.45, 7) is 0. The maximum Gasteiger partial charge on any atom is -0.0184 e. The van der Waals surface area contributed by atoms with E-state index in [0.29, 0.717) is 0 Å². The van der Waals surface area contributed by atoms with Gasteiger partial charge in [0.1, 0.15) is 0 Å². The van der Waals surface area contributed by atoms with E-state index in [4.69, 9.17) is 0 Å². The molecule has 1 aliphatic rings. The number of allylic oxidation sites excluding steroid dienone is 8. The highest BCUT2D eigenvalue weighted by Gasteiger charge is 1.92. The summed E-state index contributed by atoms with van der Waals surface area (Å²) >= 11 is 0. The summed E-state index contributed by atoms with van der Waals surface area (Å²) in [5.74, 6) is 0. The second-order valence-corrected chi connectivity index (χ2v) is 3.50. The zero-order chi connectivity index (χ0) is 11.1. The Balaban J connectivity index is 2.39. The average Bonchev–Trinajstić information content (AvgIpc) is 2.30. The van der Waals surface area contributed by atoms with Crippen molar-refractivity contribution in [1.82, 2.24) is 0 Å². The van der Waals surface area contributed by atoms with E-state index in [1.165, 1.54) is 11.1 Å². The number of fused-ring (bicyclic) bond motifs is 1. The zero-order valence-electron chi connectivity index (χ0n) is 9.08. The molecular formula is C16H14. The second kappa shape index (κ2) is 5.72. The molecule has 0 unspecified atom stereocenters. The summed E-state index contributed by atoms with van der Waals surface area (Å²) in [6, 6.07) is 8.36. The van der Waals surface area contributed by atoms with Gasteiger partial charge >= 0.3 is 0 Å². The molecule has 0 atom stereocenters. The standard InChI is InChI=1S/C16H14/c1-2-4-6-8-12-16-14-10-9-13-15(16)11-7-5-3-1/h1-14H/b2-1-,3-1?,4-2?,5-3-,6-4-,7-5?,8-6?,11-7-,12-8-,15-11?,16-12?. The normalized spacial score (nSPS) is 24.2. The first-order chi connectivity index (χ1) is 7.97. The fourth-order valence-corrected chi connectivity index (χ4v) is 1.52. The lowest BCUT2D eigenvalue weighted by Crippen LogP contribution is -1.78. The topological polar surface area (TPSA) is 0 Å². The van der Waals surface area contributed by atoms with Crippen molar-refractivity contribution in [2.45, 2.75) is 0 Å². The monoisotopic (exact) mass is 206 g/mol. The summed E-state index contributed by atoms with van der Waals surface area (Å²) in [5, 5.41) is 0. The average molecular weight is 206 g/mol. The van der Waals surface area contributed by atoms with Crippen LogP contribution in [0, 0.1) is 0 Å². The van der Waals surface area contributed by atoms with Crippen molar-refractivity contribution in [2.75, 3.05) is 0 Å². The molecule has 0 spiro atoms. The molecular weight excluding hydrogens is 192 g/mol. The van der Waals surface area contributed by atoms with E-state index < -0.39 is 0 Å². The molecule has 78 valence electrons. The summed E-state index contributed by atoms with van der Waals surface area (Å²) in [6.07, 6.45) is 20.5. The van der Waals surface area contributed by atoms with Gasteiger partial charge < -0.3 is 0 Å². The molecule has 1 aliphatic carbocycles. The zero-order valence-corrected chi connectivity index (χ0v) is 9.08. The highest BCUT2D eigenvalue weighted by atomic mass is 14.0. The number of hydrogen-bond donors (Lipinski definition) is 0. The lowest BCUT2D eigenvalue weighted by Gasteiger charge is -1.99. The van der Waals surface area contributed by atoms with E-state index in [1.807, 2.05) is 36.5 Å². The van der Waals surface area contributed by atoms with E-state index in [-0.39, 0.29) is 0 Å². The maximum absolute atomic E-state index is 2.12. The van der Waals surface area contributed by atoms with Crippen LogP contribution >= 0.6 is 0 Å². The third kappa shape index (κ3) is 2.96. The van der Waals surface area contributed by atoms with Crippen LogP contribution in [0.1, 0.15) is 11.1 Å². The first-order valence-corrected chi connectivity index (χ1v) is 5.40. The van der Waals surface area contributed by atoms with E-state index in [2.05, 4.69) is 48.6 Å². The van der Waals surface area contributed by atoms with Gasteiger partial charge in [-0.25, -0.2) is 0 Å². The van der Waals surface area contributed by atoms with Crippen molar-refractivity contribution in [3.05, 3.63) is 84.0 Å². The quantitative estimate of drug-likeness (QED) is 0.590. The van der Waals surface area contributed by atoms with Crippen LogP contribution in [0.15, 0.2) is 72.9 Å². The molecule has 0 aliphatic heterocycles. The van der Waals surface area contributed by atoms with Gasteiger partial charge in [-0.2, -0.15) is 0 Å². The summed E-state index contributed by atoms with van der Waals surface area (Å²) in [4.78, 5) is 0. The van der Waals surface area contributed by atoms with Gasteiger partial charge in [0.15, 0.2) is 0 Å². The lowest BCUT2D eigenvalue weighted by atomic mass is 10.1. The Hall–Kier alpha value is -2.08. The van der Waals surface area contributed by atoms with Crippen LogP contribution in [-0.2, 0) is 0 Å². The molecule has 0 N–H and O–H groups in total. The predicted molar refractivity (Wildman–Crippen MR) is 71.9 cm³/mol. The molecule has 1 aromatic carbocycles. The highest BCUT2D eigenvalue weighted by Crippen LogP contribution is 2.13. The molecule has 0 nitrogen and oxygen atoms in total. The van der Waals surface area contributed by atoms with Crippen LogP contribution in [-0.4, -0.2) is 0 Å². The molecule has 0 heteroatoms. The molecule has 0 fully saturated rings. The number of hydrogen-bond acceptors (Lipinski definition) is 0.